The Bertz CT molecular complexity index is 998. The molecule has 1 aliphatic carbocycles. The molecule has 0 saturated heterocycles. The van der Waals surface area contributed by atoms with Crippen molar-refractivity contribution in [3.8, 4) is 5.75 Å². The Kier molecular flexibility index (Phi) is 7.15. The maximum atomic E-state index is 13.1. The number of aryl methyl sites for hydroxylation is 1. The Morgan fingerprint density at radius 2 is 1.87 bits per heavy atom. The number of carbonyl (C=O) groups is 1. The third kappa shape index (κ3) is 5.21. The van der Waals surface area contributed by atoms with E-state index in [1.807, 2.05) is 25.1 Å². The first kappa shape index (κ1) is 22.3. The van der Waals surface area contributed by atoms with Gasteiger partial charge in [0.2, 0.25) is 15.9 Å². The van der Waals surface area contributed by atoms with Crippen LogP contribution in [0.4, 0.5) is 5.69 Å². The Morgan fingerprint density at radius 1 is 1.13 bits per heavy atom. The first-order valence-electron chi connectivity index (χ1n) is 10.3. The van der Waals surface area contributed by atoms with Gasteiger partial charge in [-0.2, -0.15) is 4.31 Å². The van der Waals surface area contributed by atoms with Crippen LogP contribution in [0.2, 0.25) is 0 Å². The van der Waals surface area contributed by atoms with Gasteiger partial charge >= 0.3 is 0 Å². The molecule has 0 atom stereocenters. The van der Waals surface area contributed by atoms with Crippen LogP contribution < -0.4 is 10.1 Å². The number of ether oxygens (including phenoxy) is 1. The van der Waals surface area contributed by atoms with Gasteiger partial charge in [0.15, 0.2) is 0 Å². The van der Waals surface area contributed by atoms with E-state index in [0.717, 1.165) is 43.2 Å². The normalized spacial score (nSPS) is 15.2. The number of rotatable bonds is 7. The average Bonchev–Trinajstić information content (AvgIpc) is 2.74. The molecular formula is C23H30N2O4S. The van der Waals surface area contributed by atoms with E-state index in [-0.39, 0.29) is 23.3 Å². The van der Waals surface area contributed by atoms with Gasteiger partial charge in [-0.1, -0.05) is 43.0 Å². The van der Waals surface area contributed by atoms with Crippen LogP contribution in [0.1, 0.15) is 43.2 Å². The van der Waals surface area contributed by atoms with Crippen molar-refractivity contribution in [2.24, 2.45) is 0 Å². The molecule has 0 aliphatic heterocycles. The summed E-state index contributed by atoms with van der Waals surface area (Å²) in [5.41, 5.74) is 2.29. The lowest BCUT2D eigenvalue weighted by Gasteiger charge is -2.30. The second kappa shape index (κ2) is 9.62. The second-order valence-corrected chi connectivity index (χ2v) is 9.88. The Labute approximate surface area is 179 Å². The van der Waals surface area contributed by atoms with E-state index in [1.165, 1.54) is 10.4 Å². The lowest BCUT2D eigenvalue weighted by molar-refractivity contribution is -0.115. The molecule has 0 radical (unpaired) electrons. The molecule has 2 aromatic rings. The van der Waals surface area contributed by atoms with E-state index >= 15 is 0 Å². The van der Waals surface area contributed by atoms with E-state index in [9.17, 15) is 13.2 Å². The highest BCUT2D eigenvalue weighted by molar-refractivity contribution is 7.89. The minimum absolute atomic E-state index is 0.0378. The van der Waals surface area contributed by atoms with Crippen molar-refractivity contribution in [1.29, 1.82) is 0 Å². The van der Waals surface area contributed by atoms with Crippen molar-refractivity contribution in [3.63, 3.8) is 0 Å². The molecule has 162 valence electrons. The summed E-state index contributed by atoms with van der Waals surface area (Å²) in [5.74, 6) is 0.426. The number of methoxy groups -OCH3 is 1. The molecule has 7 heteroatoms. The number of hydrogen-bond acceptors (Lipinski definition) is 4. The van der Waals surface area contributed by atoms with Crippen LogP contribution >= 0.6 is 0 Å². The molecule has 6 nitrogen and oxygen atoms in total. The zero-order valence-corrected chi connectivity index (χ0v) is 18.7. The van der Waals surface area contributed by atoms with Crippen molar-refractivity contribution >= 4 is 21.6 Å². The minimum Gasteiger partial charge on any atom is -0.496 e. The van der Waals surface area contributed by atoms with E-state index in [0.29, 0.717) is 11.4 Å². The predicted octanol–water partition coefficient (Wildman–Crippen LogP) is 4.14. The number of anilines is 1. The van der Waals surface area contributed by atoms with Crippen LogP contribution in [0.3, 0.4) is 0 Å². The van der Waals surface area contributed by atoms with Gasteiger partial charge in [0.1, 0.15) is 5.75 Å². The molecule has 1 saturated carbocycles. The van der Waals surface area contributed by atoms with Crippen LogP contribution in [-0.2, 0) is 21.2 Å². The van der Waals surface area contributed by atoms with Gasteiger partial charge < -0.3 is 10.1 Å². The summed E-state index contributed by atoms with van der Waals surface area (Å²) < 4.78 is 33.0. The van der Waals surface area contributed by atoms with Crippen molar-refractivity contribution in [2.75, 3.05) is 19.5 Å². The fraction of sp³-hybridized carbons (Fsp3) is 0.435. The number of hydrogen-bond donors (Lipinski definition) is 1. The Morgan fingerprint density at radius 3 is 2.57 bits per heavy atom. The van der Waals surface area contributed by atoms with Gasteiger partial charge in [-0.3, -0.25) is 4.79 Å². The predicted molar refractivity (Wildman–Crippen MR) is 118 cm³/mol. The quantitative estimate of drug-likeness (QED) is 0.716. The first-order chi connectivity index (χ1) is 14.3. The lowest BCUT2D eigenvalue weighted by Crippen LogP contribution is -2.38. The maximum Gasteiger partial charge on any atom is 0.243 e. The van der Waals surface area contributed by atoms with E-state index in [2.05, 4.69) is 5.32 Å². The molecular weight excluding hydrogens is 400 g/mol. The van der Waals surface area contributed by atoms with Gasteiger partial charge in [-0.15, -0.1) is 0 Å². The summed E-state index contributed by atoms with van der Waals surface area (Å²) in [5, 5.41) is 2.81. The fourth-order valence-electron chi connectivity index (χ4n) is 3.97. The highest BCUT2D eigenvalue weighted by atomic mass is 32.2. The molecule has 0 unspecified atom stereocenters. The largest absolute Gasteiger partial charge is 0.496 e. The number of sulfonamides is 1. The van der Waals surface area contributed by atoms with Gasteiger partial charge in [0.05, 0.1) is 18.4 Å². The molecule has 0 spiro atoms. The highest BCUT2D eigenvalue weighted by Crippen LogP contribution is 2.27. The number of nitrogens with zero attached hydrogens (tertiary/aromatic N) is 1. The average molecular weight is 431 g/mol. The Balaban J connectivity index is 1.73. The van der Waals surface area contributed by atoms with E-state index in [4.69, 9.17) is 4.74 Å². The van der Waals surface area contributed by atoms with Crippen molar-refractivity contribution in [1.82, 2.24) is 4.31 Å². The summed E-state index contributed by atoms with van der Waals surface area (Å²) in [6.07, 6.45) is 5.21. The van der Waals surface area contributed by atoms with E-state index < -0.39 is 10.0 Å². The second-order valence-electron chi connectivity index (χ2n) is 7.88. The molecule has 30 heavy (non-hydrogen) atoms. The summed E-state index contributed by atoms with van der Waals surface area (Å²) in [6, 6.07) is 12.2. The van der Waals surface area contributed by atoms with Crippen molar-refractivity contribution < 1.29 is 17.9 Å². The number of carbonyl (C=O) groups excluding carboxylic acids is 1. The monoisotopic (exact) mass is 430 g/mol. The summed E-state index contributed by atoms with van der Waals surface area (Å²) in [6.45, 7) is 1.96. The van der Waals surface area contributed by atoms with Crippen molar-refractivity contribution in [3.05, 3.63) is 53.6 Å². The highest BCUT2D eigenvalue weighted by Gasteiger charge is 2.29. The van der Waals surface area contributed by atoms with Crippen LogP contribution in [0, 0.1) is 6.92 Å². The molecule has 1 fully saturated rings. The number of benzene rings is 2. The molecule has 0 bridgehead atoms. The smallest absolute Gasteiger partial charge is 0.243 e. The summed E-state index contributed by atoms with van der Waals surface area (Å²) in [4.78, 5) is 12.8. The zero-order chi connectivity index (χ0) is 21.7. The summed E-state index contributed by atoms with van der Waals surface area (Å²) in [7, 11) is -0.384. The van der Waals surface area contributed by atoms with Gasteiger partial charge in [-0.25, -0.2) is 8.42 Å². The van der Waals surface area contributed by atoms with Crippen LogP contribution in [0.5, 0.6) is 5.75 Å². The zero-order valence-electron chi connectivity index (χ0n) is 17.8. The SMILES string of the molecule is COc1ccc(C)cc1CC(=O)Nc1cccc(S(=O)(=O)N(C)C2CCCCC2)c1. The van der Waals surface area contributed by atoms with Gasteiger partial charge in [0.25, 0.3) is 0 Å². The molecule has 0 aromatic heterocycles. The third-order valence-corrected chi connectivity index (χ3v) is 7.58. The molecule has 1 aliphatic rings. The fourth-order valence-corrected chi connectivity index (χ4v) is 5.43. The maximum absolute atomic E-state index is 13.1. The van der Waals surface area contributed by atoms with E-state index in [1.54, 1.807) is 32.4 Å². The molecule has 1 amide bonds. The van der Waals surface area contributed by atoms with Crippen molar-refractivity contribution in [2.45, 2.75) is 56.4 Å². The van der Waals surface area contributed by atoms with Crippen LogP contribution in [-0.4, -0.2) is 38.8 Å². The van der Waals surface area contributed by atoms with Gasteiger partial charge in [-0.05, 0) is 44.0 Å². The minimum atomic E-state index is -3.61. The molecule has 0 heterocycles. The first-order valence-corrected chi connectivity index (χ1v) is 11.8. The standard InChI is InChI=1S/C23H30N2O4S/c1-17-12-13-22(29-3)18(14-17)15-23(26)24-19-8-7-11-21(16-19)30(27,28)25(2)20-9-5-4-6-10-20/h7-8,11-14,16,20H,4-6,9-10,15H2,1-3H3,(H,24,26). The number of amides is 1. The molecule has 3 rings (SSSR count). The third-order valence-electron chi connectivity index (χ3n) is 5.67. The van der Waals surface area contributed by atoms with Gasteiger partial charge in [0, 0.05) is 24.3 Å². The molecule has 1 N–H and O–H groups in total. The van der Waals surface area contributed by atoms with Crippen LogP contribution in [0.15, 0.2) is 47.4 Å². The topological polar surface area (TPSA) is 75.7 Å². The lowest BCUT2D eigenvalue weighted by atomic mass is 9.96. The Hall–Kier alpha value is -2.38. The number of nitrogens with one attached hydrogen (secondary N) is 1. The van der Waals surface area contributed by atoms with Crippen LogP contribution in [0.25, 0.3) is 0 Å². The summed E-state index contributed by atoms with van der Waals surface area (Å²) >= 11 is 0. The molecule has 2 aromatic carbocycles.